The Bertz CT molecular complexity index is 1470. The molecule has 8 unspecified atom stereocenters. The molecule has 1 amide bonds. The van der Waals surface area contributed by atoms with E-state index in [4.69, 9.17) is 9.47 Å². The number of ether oxygens (including phenoxy) is 2. The van der Waals surface area contributed by atoms with Gasteiger partial charge in [0, 0.05) is 0 Å². The second-order valence-electron chi connectivity index (χ2n) is 18.9. The van der Waals surface area contributed by atoms with Crippen LogP contribution >= 0.6 is 0 Å². The van der Waals surface area contributed by atoms with Crippen LogP contribution in [0.25, 0.3) is 0 Å². The van der Waals surface area contributed by atoms with Crippen molar-refractivity contribution in [3.8, 4) is 0 Å². The quantitative estimate of drug-likeness (QED) is 0.0172. The minimum absolute atomic E-state index is 0.231. The third kappa shape index (κ3) is 36.3. The largest absolute Gasteiger partial charge is 0.397 e. The Labute approximate surface area is 419 Å². The highest BCUT2D eigenvalue weighted by Gasteiger charge is 2.48. The fourth-order valence-electron chi connectivity index (χ4n) is 8.35. The van der Waals surface area contributed by atoms with Crippen LogP contribution in [0.15, 0.2) is 60.8 Å². The van der Waals surface area contributed by atoms with Crippen LogP contribution < -0.4 is 5.32 Å². The molecular weight excluding hydrogens is 899 g/mol. The first-order valence-electron chi connectivity index (χ1n) is 27.3. The average molecular weight is 998 g/mol. The van der Waals surface area contributed by atoms with Crippen LogP contribution in [-0.4, -0.2) is 107 Å². The number of unbranched alkanes of at least 4 members (excludes halogenated alkanes) is 25. The normalized spacial score (nSPS) is 20.6. The smallest absolute Gasteiger partial charge is 0.394 e. The van der Waals surface area contributed by atoms with E-state index < -0.39 is 78.5 Å². The molecule has 0 radical (unpaired) electrons. The SMILES string of the molecule is CC/C=C/CC/C=C/CC/C=C/C(O)C(COC1OC(CO)C(O)C(OS(=O)(=O)O)C1O)NC(=O)C(O)CCCCCCCCCCCCCCCC/C=C\C/C=C\CCCCCCCCCCC. The van der Waals surface area contributed by atoms with Crippen molar-refractivity contribution in [1.29, 1.82) is 0 Å². The van der Waals surface area contributed by atoms with Crippen LogP contribution in [0.3, 0.4) is 0 Å². The number of carbonyl (C=O) groups is 1. The molecule has 7 N–H and O–H groups in total. The Kier molecular flexibility index (Phi) is 41.7. The standard InChI is InChI=1S/C55H99NO12S/c1-3-5-7-9-11-13-15-16-17-18-19-20-21-22-23-24-25-26-27-28-29-30-31-32-33-34-36-38-40-42-44-49(59)54(62)56-47(48(58)43-41-39-37-35-14-12-10-8-6-4-2)46-66-55-52(61)53(68-69(63,64)65)51(60)50(45-57)67-55/h6,8,14,19-20,22-23,35,41,43,47-53,55,57-61H,3-5,7,9-13,15-18,21,24-34,36-40,42,44-46H2,1-2H3,(H,56,62)(H,63,64,65)/b8-6+,20-19-,23-22-,35-14+,43-41+. The molecule has 69 heavy (non-hydrogen) atoms. The molecule has 1 fully saturated rings. The van der Waals surface area contributed by atoms with Crippen LogP contribution in [0, 0.1) is 0 Å². The van der Waals surface area contributed by atoms with Gasteiger partial charge in [-0.3, -0.25) is 9.35 Å². The van der Waals surface area contributed by atoms with E-state index in [-0.39, 0.29) is 6.42 Å². The van der Waals surface area contributed by atoms with Crippen molar-refractivity contribution in [1.82, 2.24) is 5.32 Å². The number of hydrogen-bond donors (Lipinski definition) is 7. The topological polar surface area (TPSA) is 212 Å². The summed E-state index contributed by atoms with van der Waals surface area (Å²) in [5.74, 6) is -0.720. The molecule has 0 aromatic rings. The molecular formula is C55H99NO12S. The highest BCUT2D eigenvalue weighted by Crippen LogP contribution is 2.26. The average Bonchev–Trinajstić information content (AvgIpc) is 3.32. The Morgan fingerprint density at radius 1 is 0.609 bits per heavy atom. The number of amides is 1. The van der Waals surface area contributed by atoms with Crippen molar-refractivity contribution in [3.63, 3.8) is 0 Å². The molecule has 402 valence electrons. The number of aliphatic hydroxyl groups is 5. The van der Waals surface area contributed by atoms with Gasteiger partial charge in [-0.2, -0.15) is 8.42 Å². The van der Waals surface area contributed by atoms with Gasteiger partial charge >= 0.3 is 10.4 Å². The first kappa shape index (κ1) is 64.8. The van der Waals surface area contributed by atoms with Gasteiger partial charge in [-0.1, -0.05) is 209 Å². The minimum Gasteiger partial charge on any atom is -0.394 e. The van der Waals surface area contributed by atoms with Crippen LogP contribution in [0.4, 0.5) is 0 Å². The summed E-state index contributed by atoms with van der Waals surface area (Å²) in [5.41, 5.74) is 0. The lowest BCUT2D eigenvalue weighted by molar-refractivity contribution is -0.298. The summed E-state index contributed by atoms with van der Waals surface area (Å²) in [6.07, 6.45) is 46.4. The summed E-state index contributed by atoms with van der Waals surface area (Å²) in [6.45, 7) is 3.07. The lowest BCUT2D eigenvalue weighted by Gasteiger charge is -2.41. The van der Waals surface area contributed by atoms with Crippen LogP contribution in [-0.2, 0) is 28.9 Å². The van der Waals surface area contributed by atoms with Gasteiger partial charge in [0.05, 0.1) is 25.4 Å². The van der Waals surface area contributed by atoms with E-state index in [1.807, 2.05) is 0 Å². The zero-order chi connectivity index (χ0) is 50.6. The predicted molar refractivity (Wildman–Crippen MR) is 279 cm³/mol. The summed E-state index contributed by atoms with van der Waals surface area (Å²) >= 11 is 0. The summed E-state index contributed by atoms with van der Waals surface area (Å²) in [6, 6.07) is -1.14. The summed E-state index contributed by atoms with van der Waals surface area (Å²) < 4.78 is 47.5. The van der Waals surface area contributed by atoms with Crippen molar-refractivity contribution >= 4 is 16.3 Å². The van der Waals surface area contributed by atoms with E-state index in [9.17, 15) is 43.3 Å². The van der Waals surface area contributed by atoms with Gasteiger partial charge < -0.3 is 40.3 Å². The predicted octanol–water partition coefficient (Wildman–Crippen LogP) is 11.1. The van der Waals surface area contributed by atoms with E-state index in [1.165, 1.54) is 141 Å². The van der Waals surface area contributed by atoms with Crippen LogP contribution in [0.5, 0.6) is 0 Å². The number of carbonyl (C=O) groups excluding carboxylic acids is 1. The third-order valence-electron chi connectivity index (χ3n) is 12.6. The number of rotatable bonds is 46. The molecule has 1 aliphatic rings. The third-order valence-corrected chi connectivity index (χ3v) is 13.1. The zero-order valence-electron chi connectivity index (χ0n) is 43.0. The molecule has 0 aromatic heterocycles. The van der Waals surface area contributed by atoms with Gasteiger partial charge in [0.2, 0.25) is 5.91 Å². The van der Waals surface area contributed by atoms with Gasteiger partial charge in [-0.15, -0.1) is 0 Å². The zero-order valence-corrected chi connectivity index (χ0v) is 43.8. The maximum absolute atomic E-state index is 13.1. The molecule has 0 saturated carbocycles. The number of aliphatic hydroxyl groups excluding tert-OH is 5. The van der Waals surface area contributed by atoms with Crippen molar-refractivity contribution < 1.29 is 57.0 Å². The summed E-state index contributed by atoms with van der Waals surface area (Å²) in [7, 11) is -5.13. The molecule has 14 heteroatoms. The number of allylic oxidation sites excluding steroid dienone is 9. The first-order valence-corrected chi connectivity index (χ1v) is 28.6. The molecule has 13 nitrogen and oxygen atoms in total. The molecule has 1 saturated heterocycles. The molecule has 0 aliphatic carbocycles. The molecule has 1 heterocycles. The Morgan fingerprint density at radius 3 is 1.54 bits per heavy atom. The monoisotopic (exact) mass is 998 g/mol. The van der Waals surface area contributed by atoms with Crippen LogP contribution in [0.2, 0.25) is 0 Å². The first-order chi connectivity index (χ1) is 33.4. The fraction of sp³-hybridized carbons (Fsp3) is 0.800. The van der Waals surface area contributed by atoms with Gasteiger partial charge in [0.1, 0.15) is 30.5 Å². The highest BCUT2D eigenvalue weighted by molar-refractivity contribution is 7.80. The second-order valence-corrected chi connectivity index (χ2v) is 20.0. The van der Waals surface area contributed by atoms with E-state index in [2.05, 4.69) is 72.0 Å². The molecule has 0 spiro atoms. The van der Waals surface area contributed by atoms with Gasteiger partial charge in [-0.05, 0) is 70.6 Å². The minimum atomic E-state index is -5.13. The van der Waals surface area contributed by atoms with Crippen molar-refractivity contribution in [3.05, 3.63) is 60.8 Å². The maximum atomic E-state index is 13.1. The Morgan fingerprint density at radius 2 is 1.06 bits per heavy atom. The van der Waals surface area contributed by atoms with Gasteiger partial charge in [0.25, 0.3) is 0 Å². The van der Waals surface area contributed by atoms with Crippen molar-refractivity contribution in [2.45, 2.75) is 268 Å². The molecule has 1 rings (SSSR count). The van der Waals surface area contributed by atoms with Gasteiger partial charge in [-0.25, -0.2) is 4.18 Å². The Hall–Kier alpha value is -2.24. The lowest BCUT2D eigenvalue weighted by atomic mass is 9.99. The molecule has 1 aliphatic heterocycles. The van der Waals surface area contributed by atoms with E-state index in [0.29, 0.717) is 12.8 Å². The van der Waals surface area contributed by atoms with Crippen molar-refractivity contribution in [2.24, 2.45) is 0 Å². The van der Waals surface area contributed by atoms with E-state index in [1.54, 1.807) is 6.08 Å². The van der Waals surface area contributed by atoms with Gasteiger partial charge in [0.15, 0.2) is 6.29 Å². The van der Waals surface area contributed by atoms with Crippen molar-refractivity contribution in [2.75, 3.05) is 13.2 Å². The maximum Gasteiger partial charge on any atom is 0.397 e. The summed E-state index contributed by atoms with van der Waals surface area (Å²) in [5, 5.41) is 55.2. The number of hydrogen-bond acceptors (Lipinski definition) is 11. The highest BCUT2D eigenvalue weighted by atomic mass is 32.3. The lowest BCUT2D eigenvalue weighted by Crippen LogP contribution is -2.61. The summed E-state index contributed by atoms with van der Waals surface area (Å²) in [4.78, 5) is 13.1. The molecule has 0 bridgehead atoms. The molecule has 8 atom stereocenters. The second kappa shape index (κ2) is 44.5. The molecule has 0 aromatic carbocycles. The Balaban J connectivity index is 2.30. The van der Waals surface area contributed by atoms with E-state index in [0.717, 1.165) is 51.4 Å². The number of nitrogens with one attached hydrogen (secondary N) is 1. The van der Waals surface area contributed by atoms with Crippen LogP contribution in [0.1, 0.15) is 219 Å². The fourth-order valence-corrected chi connectivity index (χ4v) is 8.86. The van der Waals surface area contributed by atoms with E-state index >= 15 is 0 Å².